The zero-order valence-electron chi connectivity index (χ0n) is 37.7. The summed E-state index contributed by atoms with van der Waals surface area (Å²) >= 11 is 0. The molecule has 0 radical (unpaired) electrons. The third-order valence-electron chi connectivity index (χ3n) is 12.0. The lowest BCUT2D eigenvalue weighted by Crippen LogP contribution is -2.53. The maximum Gasteiger partial charge on any atom is 0.249 e. The third kappa shape index (κ3) is 38.6. The first kappa shape index (κ1) is 55.0. The highest BCUT2D eigenvalue weighted by atomic mass is 16.3. The number of allylic oxidation sites excluding steroid dienone is 2. The number of aliphatic hydroxyl groups excluding tert-OH is 4. The largest absolute Gasteiger partial charge is 0.394 e. The smallest absolute Gasteiger partial charge is 0.249 e. The van der Waals surface area contributed by atoms with Gasteiger partial charge in [0.25, 0.3) is 0 Å². The lowest BCUT2D eigenvalue weighted by molar-refractivity contribution is -0.132. The molecule has 0 aromatic heterocycles. The number of unbranched alkanes of at least 4 members (excludes halogenated alkanes) is 35. The number of amides is 1. The molecule has 6 nitrogen and oxygen atoms in total. The molecular formula is C50H99NO5. The van der Waals surface area contributed by atoms with Crippen LogP contribution >= 0.6 is 0 Å². The van der Waals surface area contributed by atoms with Crippen LogP contribution in [0.3, 0.4) is 0 Å². The van der Waals surface area contributed by atoms with E-state index in [9.17, 15) is 25.2 Å². The lowest BCUT2D eigenvalue weighted by Gasteiger charge is -2.27. The molecule has 0 aromatic rings. The van der Waals surface area contributed by atoms with E-state index in [0.29, 0.717) is 12.8 Å². The summed E-state index contributed by atoms with van der Waals surface area (Å²) in [4.78, 5) is 12.5. The van der Waals surface area contributed by atoms with Crippen molar-refractivity contribution in [3.63, 3.8) is 0 Å². The number of rotatable bonds is 46. The molecule has 0 saturated heterocycles. The summed E-state index contributed by atoms with van der Waals surface area (Å²) in [5.41, 5.74) is 0. The summed E-state index contributed by atoms with van der Waals surface area (Å²) < 4.78 is 0. The van der Waals surface area contributed by atoms with E-state index >= 15 is 0 Å². The first-order valence-electron chi connectivity index (χ1n) is 25.1. The van der Waals surface area contributed by atoms with Crippen molar-refractivity contribution in [1.29, 1.82) is 0 Å². The van der Waals surface area contributed by atoms with Crippen LogP contribution in [-0.2, 0) is 4.79 Å². The van der Waals surface area contributed by atoms with Crippen LogP contribution in [0, 0.1) is 0 Å². The van der Waals surface area contributed by atoms with E-state index in [-0.39, 0.29) is 0 Å². The molecule has 6 heteroatoms. The summed E-state index contributed by atoms with van der Waals surface area (Å²) in [6.07, 6.45) is 51.2. The van der Waals surface area contributed by atoms with Gasteiger partial charge in [0, 0.05) is 0 Å². The third-order valence-corrected chi connectivity index (χ3v) is 12.0. The van der Waals surface area contributed by atoms with E-state index in [1.54, 1.807) is 0 Å². The minimum atomic E-state index is -1.28. The van der Waals surface area contributed by atoms with E-state index < -0.39 is 36.9 Å². The van der Waals surface area contributed by atoms with Crippen molar-refractivity contribution >= 4 is 5.91 Å². The van der Waals surface area contributed by atoms with Gasteiger partial charge in [-0.3, -0.25) is 4.79 Å². The predicted octanol–water partition coefficient (Wildman–Crippen LogP) is 13.7. The van der Waals surface area contributed by atoms with Crippen LogP contribution in [0.2, 0.25) is 0 Å². The second-order valence-corrected chi connectivity index (χ2v) is 17.5. The Balaban J connectivity index is 3.64. The van der Waals surface area contributed by atoms with Gasteiger partial charge in [0.05, 0.1) is 18.8 Å². The Morgan fingerprint density at radius 2 is 0.732 bits per heavy atom. The van der Waals surface area contributed by atoms with Crippen LogP contribution in [0.5, 0.6) is 0 Å². The van der Waals surface area contributed by atoms with Crippen molar-refractivity contribution in [2.45, 2.75) is 295 Å². The summed E-state index contributed by atoms with van der Waals surface area (Å²) in [7, 11) is 0. The van der Waals surface area contributed by atoms with Crippen LogP contribution in [0.25, 0.3) is 0 Å². The van der Waals surface area contributed by atoms with Crippen molar-refractivity contribution in [2.75, 3.05) is 6.61 Å². The number of carbonyl (C=O) groups excluding carboxylic acids is 1. The van der Waals surface area contributed by atoms with E-state index in [4.69, 9.17) is 0 Å². The highest BCUT2D eigenvalue weighted by Crippen LogP contribution is 2.17. The van der Waals surface area contributed by atoms with Crippen LogP contribution in [0.4, 0.5) is 0 Å². The van der Waals surface area contributed by atoms with Crippen LogP contribution in [0.15, 0.2) is 12.2 Å². The fourth-order valence-corrected chi connectivity index (χ4v) is 7.99. The molecule has 1 amide bonds. The number of hydrogen-bond acceptors (Lipinski definition) is 5. The topological polar surface area (TPSA) is 110 Å². The van der Waals surface area contributed by atoms with E-state index in [1.807, 2.05) is 0 Å². The molecule has 334 valence electrons. The Morgan fingerprint density at radius 1 is 0.429 bits per heavy atom. The van der Waals surface area contributed by atoms with Crippen molar-refractivity contribution in [1.82, 2.24) is 5.32 Å². The fourth-order valence-electron chi connectivity index (χ4n) is 7.99. The molecule has 0 aliphatic carbocycles. The van der Waals surface area contributed by atoms with Crippen LogP contribution in [-0.4, -0.2) is 57.3 Å². The minimum absolute atomic E-state index is 0.368. The normalized spacial score (nSPS) is 14.0. The highest BCUT2D eigenvalue weighted by molar-refractivity contribution is 5.80. The average Bonchev–Trinajstić information content (AvgIpc) is 3.20. The first-order valence-corrected chi connectivity index (χ1v) is 25.1. The van der Waals surface area contributed by atoms with Gasteiger partial charge in [-0.25, -0.2) is 0 Å². The molecule has 0 aromatic carbocycles. The quantitative estimate of drug-likeness (QED) is 0.0311. The van der Waals surface area contributed by atoms with Crippen molar-refractivity contribution in [3.8, 4) is 0 Å². The lowest BCUT2D eigenvalue weighted by atomic mass is 10.00. The molecular weight excluding hydrogens is 695 g/mol. The van der Waals surface area contributed by atoms with Gasteiger partial charge in [-0.05, 0) is 38.5 Å². The maximum absolute atomic E-state index is 12.5. The monoisotopic (exact) mass is 794 g/mol. The number of carbonyl (C=O) groups is 1. The Kier molecular flexibility index (Phi) is 44.4. The Morgan fingerprint density at radius 3 is 1.07 bits per heavy atom. The molecule has 0 aliphatic heterocycles. The minimum Gasteiger partial charge on any atom is -0.394 e. The van der Waals surface area contributed by atoms with Crippen LogP contribution < -0.4 is 5.32 Å². The van der Waals surface area contributed by atoms with Crippen molar-refractivity contribution in [3.05, 3.63) is 12.2 Å². The van der Waals surface area contributed by atoms with Gasteiger partial charge in [-0.1, -0.05) is 244 Å². The zero-order chi connectivity index (χ0) is 41.0. The molecule has 56 heavy (non-hydrogen) atoms. The molecule has 0 saturated carbocycles. The fraction of sp³-hybridized carbons (Fsp3) is 0.940. The van der Waals surface area contributed by atoms with E-state index in [0.717, 1.165) is 38.5 Å². The number of nitrogens with one attached hydrogen (secondary N) is 1. The summed E-state index contributed by atoms with van der Waals surface area (Å²) in [6, 6.07) is -0.997. The summed E-state index contributed by atoms with van der Waals surface area (Å²) in [5, 5.41) is 43.8. The van der Waals surface area contributed by atoms with Gasteiger partial charge in [-0.15, -0.1) is 0 Å². The van der Waals surface area contributed by atoms with E-state index in [2.05, 4.69) is 31.3 Å². The number of hydrogen-bond donors (Lipinski definition) is 5. The highest BCUT2D eigenvalue weighted by Gasteiger charge is 2.28. The molecule has 4 atom stereocenters. The van der Waals surface area contributed by atoms with Gasteiger partial charge >= 0.3 is 0 Å². The SMILES string of the molecule is CCCCCCCCCCCC/C=C/CCCC(O)C(O)C(CO)NC(=O)C(O)CCCCCCCCCCCCCCCCCCCCCCCCCCC. The van der Waals surface area contributed by atoms with Crippen molar-refractivity contribution < 1.29 is 25.2 Å². The Hall–Kier alpha value is -0.950. The van der Waals surface area contributed by atoms with Gasteiger partial charge in [0.15, 0.2) is 0 Å². The second-order valence-electron chi connectivity index (χ2n) is 17.5. The average molecular weight is 794 g/mol. The first-order chi connectivity index (χ1) is 27.5. The Bertz CT molecular complexity index is 806. The molecule has 0 fully saturated rings. The van der Waals surface area contributed by atoms with E-state index in [1.165, 1.54) is 205 Å². The van der Waals surface area contributed by atoms with Gasteiger partial charge in [0.1, 0.15) is 12.2 Å². The molecule has 4 unspecified atom stereocenters. The van der Waals surface area contributed by atoms with Gasteiger partial charge < -0.3 is 25.7 Å². The second kappa shape index (κ2) is 45.1. The standard InChI is InChI=1S/C50H99NO5/c1-3-5-7-9-11-13-15-17-19-20-21-22-23-24-25-26-27-28-30-32-34-36-38-40-42-44-48(54)50(56)51-46(45-52)49(55)47(53)43-41-39-37-35-33-31-29-18-16-14-12-10-8-6-4-2/h35,37,46-49,52-55H,3-34,36,38-45H2,1-2H3,(H,51,56)/b37-35+. The Labute approximate surface area is 349 Å². The summed E-state index contributed by atoms with van der Waals surface area (Å²) in [5.74, 6) is -0.588. The molecule has 0 heterocycles. The molecule has 0 spiro atoms. The zero-order valence-corrected chi connectivity index (χ0v) is 37.7. The molecule has 5 N–H and O–H groups in total. The van der Waals surface area contributed by atoms with Gasteiger partial charge in [0.2, 0.25) is 5.91 Å². The predicted molar refractivity (Wildman–Crippen MR) is 242 cm³/mol. The molecule has 0 aliphatic rings. The van der Waals surface area contributed by atoms with Crippen LogP contribution in [0.1, 0.15) is 271 Å². The summed E-state index contributed by atoms with van der Waals surface area (Å²) in [6.45, 7) is 4.06. The maximum atomic E-state index is 12.5. The molecule has 0 bridgehead atoms. The number of aliphatic hydroxyl groups is 4. The molecule has 0 rings (SSSR count). The van der Waals surface area contributed by atoms with Gasteiger partial charge in [-0.2, -0.15) is 0 Å². The van der Waals surface area contributed by atoms with Crippen molar-refractivity contribution in [2.24, 2.45) is 0 Å².